The van der Waals surface area contributed by atoms with Crippen LogP contribution in [-0.2, 0) is 4.79 Å². The average molecular weight is 198 g/mol. The van der Waals surface area contributed by atoms with Gasteiger partial charge >= 0.3 is 0 Å². The van der Waals surface area contributed by atoms with Crippen LogP contribution in [0.3, 0.4) is 0 Å². The number of piperidine rings is 1. The third kappa shape index (κ3) is 2.69. The van der Waals surface area contributed by atoms with Gasteiger partial charge in [0.1, 0.15) is 0 Å². The first-order valence-electron chi connectivity index (χ1n) is 5.40. The number of amides is 1. The minimum absolute atomic E-state index is 0.0110. The Hall–Kier alpha value is -0.610. The Bertz CT molecular complexity index is 220. The van der Waals surface area contributed by atoms with Crippen molar-refractivity contribution in [2.75, 3.05) is 13.1 Å². The smallest absolute Gasteiger partial charge is 0.223 e. The monoisotopic (exact) mass is 198 g/mol. The molecule has 0 spiro atoms. The van der Waals surface area contributed by atoms with Crippen molar-refractivity contribution < 1.29 is 9.90 Å². The molecule has 80 valence electrons. The summed E-state index contributed by atoms with van der Waals surface area (Å²) in [7, 11) is 0. The van der Waals surface area contributed by atoms with E-state index in [0.717, 1.165) is 25.9 Å². The fraction of sp³-hybridized carbons (Fsp3) is 0.900. The first-order valence-corrected chi connectivity index (χ1v) is 5.40. The Balaban J connectivity index is 1.78. The molecule has 0 aromatic rings. The number of carbonyl (C=O) groups is 1. The largest absolute Gasteiger partial charge is 0.389 e. The molecule has 0 aromatic heterocycles. The molecule has 4 nitrogen and oxygen atoms in total. The van der Waals surface area contributed by atoms with Crippen LogP contribution in [0.1, 0.15) is 32.1 Å². The molecule has 4 heteroatoms. The highest BCUT2D eigenvalue weighted by Crippen LogP contribution is 2.24. The van der Waals surface area contributed by atoms with Crippen molar-refractivity contribution in [3.63, 3.8) is 0 Å². The Morgan fingerprint density at radius 3 is 2.64 bits per heavy atom. The van der Waals surface area contributed by atoms with E-state index in [1.807, 2.05) is 0 Å². The summed E-state index contributed by atoms with van der Waals surface area (Å²) in [5, 5.41) is 16.2. The predicted octanol–water partition coefficient (Wildman–Crippen LogP) is -0.230. The van der Waals surface area contributed by atoms with E-state index in [1.54, 1.807) is 0 Å². The van der Waals surface area contributed by atoms with E-state index in [2.05, 4.69) is 10.6 Å². The number of carbonyl (C=O) groups excluding carboxylic acids is 1. The third-order valence-electron chi connectivity index (χ3n) is 2.97. The maximum absolute atomic E-state index is 11.5. The summed E-state index contributed by atoms with van der Waals surface area (Å²) < 4.78 is 0. The number of aliphatic hydroxyl groups is 1. The second kappa shape index (κ2) is 3.87. The van der Waals surface area contributed by atoms with Crippen molar-refractivity contribution in [3.8, 4) is 0 Å². The molecule has 1 saturated carbocycles. The van der Waals surface area contributed by atoms with Crippen LogP contribution >= 0.6 is 0 Å². The van der Waals surface area contributed by atoms with Gasteiger partial charge in [-0.2, -0.15) is 0 Å². The first-order chi connectivity index (χ1) is 6.68. The van der Waals surface area contributed by atoms with Gasteiger partial charge < -0.3 is 15.7 Å². The van der Waals surface area contributed by atoms with Gasteiger partial charge in [0, 0.05) is 6.04 Å². The van der Waals surface area contributed by atoms with Crippen LogP contribution < -0.4 is 10.6 Å². The molecule has 14 heavy (non-hydrogen) atoms. The lowest BCUT2D eigenvalue weighted by Gasteiger charge is -2.31. The Kier molecular flexibility index (Phi) is 2.74. The molecule has 1 aliphatic carbocycles. The number of hydrogen-bond donors (Lipinski definition) is 3. The summed E-state index contributed by atoms with van der Waals surface area (Å²) in [6.07, 6.45) is 3.85. The normalized spacial score (nSPS) is 25.8. The molecule has 2 fully saturated rings. The number of nitrogens with one attached hydrogen (secondary N) is 2. The summed E-state index contributed by atoms with van der Waals surface area (Å²) in [5.41, 5.74) is -0.760. The summed E-state index contributed by atoms with van der Waals surface area (Å²) in [6.45, 7) is 1.63. The zero-order valence-corrected chi connectivity index (χ0v) is 8.38. The van der Waals surface area contributed by atoms with Gasteiger partial charge in [-0.25, -0.2) is 0 Å². The maximum atomic E-state index is 11.5. The molecule has 0 unspecified atom stereocenters. The lowest BCUT2D eigenvalue weighted by atomic mass is 9.89. The summed E-state index contributed by atoms with van der Waals surface area (Å²) in [4.78, 5) is 11.5. The first kappa shape index (κ1) is 9.93. The molecule has 2 rings (SSSR count). The maximum Gasteiger partial charge on any atom is 0.223 e. The van der Waals surface area contributed by atoms with Crippen LogP contribution in [0.25, 0.3) is 0 Å². The van der Waals surface area contributed by atoms with Gasteiger partial charge in [0.05, 0.1) is 12.0 Å². The quantitative estimate of drug-likeness (QED) is 0.587. The van der Waals surface area contributed by atoms with Crippen LogP contribution in [0, 0.1) is 0 Å². The molecular weight excluding hydrogens is 180 g/mol. The fourth-order valence-corrected chi connectivity index (χ4v) is 1.87. The van der Waals surface area contributed by atoms with Gasteiger partial charge in [0.25, 0.3) is 0 Å². The molecule has 1 amide bonds. The minimum Gasteiger partial charge on any atom is -0.389 e. The van der Waals surface area contributed by atoms with Crippen LogP contribution in [0.4, 0.5) is 0 Å². The van der Waals surface area contributed by atoms with Gasteiger partial charge in [0.15, 0.2) is 0 Å². The van der Waals surface area contributed by atoms with E-state index in [9.17, 15) is 9.90 Å². The number of rotatable bonds is 3. The summed E-state index contributed by atoms with van der Waals surface area (Å²) in [6, 6.07) is 0.396. The topological polar surface area (TPSA) is 61.4 Å². The highest BCUT2D eigenvalue weighted by atomic mass is 16.3. The second-order valence-electron chi connectivity index (χ2n) is 4.49. The van der Waals surface area contributed by atoms with Crippen LogP contribution in [0.15, 0.2) is 0 Å². The zero-order valence-electron chi connectivity index (χ0n) is 8.38. The Labute approximate surface area is 84.1 Å². The van der Waals surface area contributed by atoms with Crippen molar-refractivity contribution in [2.45, 2.75) is 43.7 Å². The Morgan fingerprint density at radius 2 is 2.07 bits per heavy atom. The predicted molar refractivity (Wildman–Crippen MR) is 52.8 cm³/mol. The van der Waals surface area contributed by atoms with E-state index < -0.39 is 5.60 Å². The van der Waals surface area contributed by atoms with E-state index in [4.69, 9.17) is 0 Å². The SMILES string of the molecule is O=C(CC1(O)CCNCC1)NC1CC1. The molecule has 0 bridgehead atoms. The molecule has 0 radical (unpaired) electrons. The molecule has 3 N–H and O–H groups in total. The van der Waals surface area contributed by atoms with Crippen molar-refractivity contribution in [3.05, 3.63) is 0 Å². The molecule has 2 aliphatic rings. The van der Waals surface area contributed by atoms with Crippen molar-refractivity contribution >= 4 is 5.91 Å². The van der Waals surface area contributed by atoms with Gasteiger partial charge in [-0.1, -0.05) is 0 Å². The van der Waals surface area contributed by atoms with Crippen molar-refractivity contribution in [1.82, 2.24) is 10.6 Å². The number of hydrogen-bond acceptors (Lipinski definition) is 3. The second-order valence-corrected chi connectivity index (χ2v) is 4.49. The highest BCUT2D eigenvalue weighted by Gasteiger charge is 2.33. The van der Waals surface area contributed by atoms with Crippen molar-refractivity contribution in [1.29, 1.82) is 0 Å². The molecule has 0 aromatic carbocycles. The standard InChI is InChI=1S/C10H18N2O2/c13-9(12-8-1-2-8)7-10(14)3-5-11-6-4-10/h8,11,14H,1-7H2,(H,12,13). The fourth-order valence-electron chi connectivity index (χ4n) is 1.87. The van der Waals surface area contributed by atoms with Crippen molar-refractivity contribution in [2.24, 2.45) is 0 Å². The van der Waals surface area contributed by atoms with Crippen LogP contribution in [-0.4, -0.2) is 35.7 Å². The lowest BCUT2D eigenvalue weighted by Crippen LogP contribution is -2.45. The zero-order chi connectivity index (χ0) is 10.0. The van der Waals surface area contributed by atoms with Crippen LogP contribution in [0.5, 0.6) is 0 Å². The highest BCUT2D eigenvalue weighted by molar-refractivity contribution is 5.77. The van der Waals surface area contributed by atoms with Gasteiger partial charge in [-0.05, 0) is 38.8 Å². The van der Waals surface area contributed by atoms with Crippen LogP contribution in [0.2, 0.25) is 0 Å². The molecule has 1 saturated heterocycles. The van der Waals surface area contributed by atoms with Gasteiger partial charge in [-0.3, -0.25) is 4.79 Å². The van der Waals surface area contributed by atoms with Gasteiger partial charge in [-0.15, -0.1) is 0 Å². The molecule has 1 aliphatic heterocycles. The van der Waals surface area contributed by atoms with Gasteiger partial charge in [0.2, 0.25) is 5.91 Å². The van der Waals surface area contributed by atoms with E-state index >= 15 is 0 Å². The van der Waals surface area contributed by atoms with E-state index in [1.165, 1.54) is 0 Å². The van der Waals surface area contributed by atoms with E-state index in [0.29, 0.717) is 18.9 Å². The molecule has 1 heterocycles. The molecular formula is C10H18N2O2. The summed E-state index contributed by atoms with van der Waals surface area (Å²) in [5.74, 6) is 0.0110. The summed E-state index contributed by atoms with van der Waals surface area (Å²) >= 11 is 0. The Morgan fingerprint density at radius 1 is 1.43 bits per heavy atom. The third-order valence-corrected chi connectivity index (χ3v) is 2.97. The lowest BCUT2D eigenvalue weighted by molar-refractivity contribution is -0.127. The average Bonchev–Trinajstić information content (AvgIpc) is 2.88. The minimum atomic E-state index is -0.760. The van der Waals surface area contributed by atoms with E-state index in [-0.39, 0.29) is 12.3 Å². The molecule has 0 atom stereocenters.